The Labute approximate surface area is 141 Å². The van der Waals surface area contributed by atoms with Crippen LogP contribution in [0, 0.1) is 0 Å². The highest BCUT2D eigenvalue weighted by Gasteiger charge is 2.25. The summed E-state index contributed by atoms with van der Waals surface area (Å²) in [6, 6.07) is 11.6. The summed E-state index contributed by atoms with van der Waals surface area (Å²) in [4.78, 5) is 14.2. The molecule has 0 bridgehead atoms. The van der Waals surface area contributed by atoms with Crippen molar-refractivity contribution in [1.82, 2.24) is 15.1 Å². The summed E-state index contributed by atoms with van der Waals surface area (Å²) >= 11 is 0. The second-order valence-corrected chi connectivity index (χ2v) is 5.90. The van der Waals surface area contributed by atoms with E-state index in [1.54, 1.807) is 6.20 Å². The first-order valence-corrected chi connectivity index (χ1v) is 8.35. The molecule has 1 aliphatic rings. The molecule has 0 radical (unpaired) electrons. The van der Waals surface area contributed by atoms with Crippen LogP contribution in [-0.2, 0) is 9.53 Å². The van der Waals surface area contributed by atoms with Gasteiger partial charge >= 0.3 is 0 Å². The Bertz CT molecular complexity index is 616. The van der Waals surface area contributed by atoms with Crippen LogP contribution in [0.5, 0.6) is 5.75 Å². The predicted octanol–water partition coefficient (Wildman–Crippen LogP) is 2.21. The van der Waals surface area contributed by atoms with Crippen molar-refractivity contribution in [2.75, 3.05) is 32.9 Å². The molecule has 1 aromatic heterocycles. The van der Waals surface area contributed by atoms with Gasteiger partial charge in [-0.05, 0) is 31.0 Å². The SMILES string of the molecule is O=C(COCCOc1ccccc1)N1CCCC(c2ccn[nH]2)C1. The van der Waals surface area contributed by atoms with Crippen LogP contribution in [0.25, 0.3) is 0 Å². The van der Waals surface area contributed by atoms with E-state index >= 15 is 0 Å². The van der Waals surface area contributed by atoms with Gasteiger partial charge in [-0.3, -0.25) is 9.89 Å². The highest BCUT2D eigenvalue weighted by Crippen LogP contribution is 2.25. The average molecular weight is 329 g/mol. The fourth-order valence-corrected chi connectivity index (χ4v) is 2.94. The van der Waals surface area contributed by atoms with Crippen molar-refractivity contribution < 1.29 is 14.3 Å². The predicted molar refractivity (Wildman–Crippen MR) is 89.9 cm³/mol. The van der Waals surface area contributed by atoms with E-state index in [4.69, 9.17) is 9.47 Å². The smallest absolute Gasteiger partial charge is 0.248 e. The summed E-state index contributed by atoms with van der Waals surface area (Å²) < 4.78 is 11.0. The molecule has 1 N–H and O–H groups in total. The van der Waals surface area contributed by atoms with Gasteiger partial charge < -0.3 is 14.4 Å². The molecular weight excluding hydrogens is 306 g/mol. The number of para-hydroxylation sites is 1. The molecule has 2 aromatic rings. The molecule has 0 spiro atoms. The number of ether oxygens (including phenoxy) is 2. The first-order chi connectivity index (χ1) is 11.8. The van der Waals surface area contributed by atoms with Crippen molar-refractivity contribution in [3.63, 3.8) is 0 Å². The lowest BCUT2D eigenvalue weighted by Crippen LogP contribution is -2.41. The van der Waals surface area contributed by atoms with Crippen LogP contribution in [-0.4, -0.2) is 53.9 Å². The van der Waals surface area contributed by atoms with Gasteiger partial charge in [-0.25, -0.2) is 0 Å². The van der Waals surface area contributed by atoms with Crippen molar-refractivity contribution in [1.29, 1.82) is 0 Å². The Morgan fingerprint density at radius 3 is 2.92 bits per heavy atom. The van der Waals surface area contributed by atoms with E-state index in [-0.39, 0.29) is 12.5 Å². The maximum atomic E-state index is 12.3. The van der Waals surface area contributed by atoms with Crippen LogP contribution in [0.2, 0.25) is 0 Å². The van der Waals surface area contributed by atoms with Crippen molar-refractivity contribution in [3.05, 3.63) is 48.3 Å². The number of aromatic nitrogens is 2. The van der Waals surface area contributed by atoms with Gasteiger partial charge in [-0.15, -0.1) is 0 Å². The lowest BCUT2D eigenvalue weighted by molar-refractivity contribution is -0.137. The number of benzene rings is 1. The summed E-state index contributed by atoms with van der Waals surface area (Å²) in [5, 5.41) is 7.00. The fraction of sp³-hybridized carbons (Fsp3) is 0.444. The highest BCUT2D eigenvalue weighted by atomic mass is 16.5. The number of hydrogen-bond acceptors (Lipinski definition) is 4. The third kappa shape index (κ3) is 4.58. The number of piperidine rings is 1. The summed E-state index contributed by atoms with van der Waals surface area (Å²) in [6.07, 6.45) is 3.84. The molecule has 1 fully saturated rings. The molecule has 1 saturated heterocycles. The molecule has 6 nitrogen and oxygen atoms in total. The lowest BCUT2D eigenvalue weighted by Gasteiger charge is -2.32. The quantitative estimate of drug-likeness (QED) is 0.791. The van der Waals surface area contributed by atoms with Gasteiger partial charge in [-0.1, -0.05) is 18.2 Å². The zero-order valence-corrected chi connectivity index (χ0v) is 13.7. The van der Waals surface area contributed by atoms with Gasteiger partial charge in [0.2, 0.25) is 5.91 Å². The third-order valence-corrected chi connectivity index (χ3v) is 4.20. The summed E-state index contributed by atoms with van der Waals surface area (Å²) in [5.41, 5.74) is 1.10. The van der Waals surface area contributed by atoms with Crippen LogP contribution in [0.1, 0.15) is 24.5 Å². The maximum Gasteiger partial charge on any atom is 0.248 e. The van der Waals surface area contributed by atoms with Crippen LogP contribution >= 0.6 is 0 Å². The minimum absolute atomic E-state index is 0.0407. The maximum absolute atomic E-state index is 12.3. The third-order valence-electron chi connectivity index (χ3n) is 4.20. The van der Waals surface area contributed by atoms with Gasteiger partial charge in [0, 0.05) is 30.9 Å². The monoisotopic (exact) mass is 329 g/mol. The molecule has 24 heavy (non-hydrogen) atoms. The normalized spacial score (nSPS) is 17.7. The summed E-state index contributed by atoms with van der Waals surface area (Å²) in [7, 11) is 0. The van der Waals surface area contributed by atoms with Crippen molar-refractivity contribution >= 4 is 5.91 Å². The molecule has 1 unspecified atom stereocenters. The Morgan fingerprint density at radius 1 is 1.25 bits per heavy atom. The summed E-state index contributed by atoms with van der Waals surface area (Å²) in [6.45, 7) is 2.47. The van der Waals surface area contributed by atoms with Crippen molar-refractivity contribution in [2.24, 2.45) is 0 Å². The van der Waals surface area contributed by atoms with Crippen molar-refractivity contribution in [2.45, 2.75) is 18.8 Å². The molecule has 1 aromatic carbocycles. The average Bonchev–Trinajstić information content (AvgIpc) is 3.17. The Balaban J connectivity index is 1.36. The molecule has 1 amide bonds. The van der Waals surface area contributed by atoms with E-state index in [2.05, 4.69) is 10.2 Å². The number of H-pyrrole nitrogens is 1. The number of likely N-dealkylation sites (tertiary alicyclic amines) is 1. The number of hydrogen-bond donors (Lipinski definition) is 1. The van der Waals surface area contributed by atoms with Crippen LogP contribution in [0.4, 0.5) is 0 Å². The molecule has 6 heteroatoms. The van der Waals surface area contributed by atoms with Gasteiger partial charge in [0.1, 0.15) is 19.0 Å². The topological polar surface area (TPSA) is 67.5 Å². The van der Waals surface area contributed by atoms with Crippen LogP contribution < -0.4 is 4.74 Å². The number of nitrogens with one attached hydrogen (secondary N) is 1. The van der Waals surface area contributed by atoms with Crippen LogP contribution in [0.15, 0.2) is 42.6 Å². The highest BCUT2D eigenvalue weighted by molar-refractivity contribution is 5.77. The number of carbonyl (C=O) groups is 1. The van der Waals surface area contributed by atoms with E-state index in [1.165, 1.54) is 0 Å². The van der Waals surface area contributed by atoms with Gasteiger partial charge in [0.05, 0.1) is 6.61 Å². The van der Waals surface area contributed by atoms with E-state index in [0.717, 1.165) is 37.4 Å². The van der Waals surface area contributed by atoms with Crippen LogP contribution in [0.3, 0.4) is 0 Å². The largest absolute Gasteiger partial charge is 0.491 e. The molecule has 0 saturated carbocycles. The lowest BCUT2D eigenvalue weighted by atomic mass is 9.95. The molecular formula is C18H23N3O3. The fourth-order valence-electron chi connectivity index (χ4n) is 2.94. The zero-order valence-electron chi connectivity index (χ0n) is 13.7. The minimum Gasteiger partial charge on any atom is -0.491 e. The van der Waals surface area contributed by atoms with E-state index < -0.39 is 0 Å². The number of carbonyl (C=O) groups excluding carboxylic acids is 1. The first kappa shape index (κ1) is 16.5. The number of aromatic amines is 1. The first-order valence-electron chi connectivity index (χ1n) is 8.35. The standard InChI is InChI=1S/C18H23N3O3/c22-18(14-23-11-12-24-16-6-2-1-3-7-16)21-10-4-5-15(13-21)17-8-9-19-20-17/h1-3,6-9,15H,4-5,10-14H2,(H,19,20). The number of amides is 1. The van der Waals surface area contributed by atoms with E-state index in [1.807, 2.05) is 41.3 Å². The Morgan fingerprint density at radius 2 is 2.12 bits per heavy atom. The van der Waals surface area contributed by atoms with Crippen molar-refractivity contribution in [3.8, 4) is 5.75 Å². The van der Waals surface area contributed by atoms with Gasteiger partial charge in [-0.2, -0.15) is 5.10 Å². The van der Waals surface area contributed by atoms with E-state index in [0.29, 0.717) is 19.1 Å². The van der Waals surface area contributed by atoms with E-state index in [9.17, 15) is 4.79 Å². The number of nitrogens with zero attached hydrogens (tertiary/aromatic N) is 2. The second-order valence-electron chi connectivity index (χ2n) is 5.90. The Kier molecular flexibility index (Phi) is 5.85. The molecule has 128 valence electrons. The molecule has 2 heterocycles. The zero-order chi connectivity index (χ0) is 16.6. The number of rotatable bonds is 7. The minimum atomic E-state index is 0.0407. The molecule has 1 atom stereocenters. The molecule has 0 aliphatic carbocycles. The molecule has 3 rings (SSSR count). The van der Waals surface area contributed by atoms with Gasteiger partial charge in [0.25, 0.3) is 0 Å². The molecule has 1 aliphatic heterocycles. The summed E-state index contributed by atoms with van der Waals surface area (Å²) in [5.74, 6) is 1.19. The second kappa shape index (κ2) is 8.49. The van der Waals surface area contributed by atoms with Gasteiger partial charge in [0.15, 0.2) is 0 Å². The Hall–Kier alpha value is -2.34.